The van der Waals surface area contributed by atoms with Crippen LogP contribution in [0.2, 0.25) is 0 Å². The van der Waals surface area contributed by atoms with Crippen LogP contribution in [0.15, 0.2) is 40.9 Å². The van der Waals surface area contributed by atoms with Gasteiger partial charge in [-0.2, -0.15) is 4.68 Å². The van der Waals surface area contributed by atoms with Crippen molar-refractivity contribution < 1.29 is 14.3 Å². The van der Waals surface area contributed by atoms with E-state index in [4.69, 9.17) is 4.74 Å². The molecule has 1 N–H and O–H groups in total. The van der Waals surface area contributed by atoms with Crippen molar-refractivity contribution in [3.63, 3.8) is 0 Å². The Morgan fingerprint density at radius 2 is 2.14 bits per heavy atom. The van der Waals surface area contributed by atoms with Gasteiger partial charge in [0.2, 0.25) is 5.16 Å². The van der Waals surface area contributed by atoms with Gasteiger partial charge in [0.15, 0.2) is 6.61 Å². The molecule has 3 rings (SSSR count). The van der Waals surface area contributed by atoms with E-state index in [0.717, 1.165) is 33.5 Å². The predicted molar refractivity (Wildman–Crippen MR) is 106 cm³/mol. The van der Waals surface area contributed by atoms with Gasteiger partial charge in [0.25, 0.3) is 5.91 Å². The molecule has 0 atom stereocenters. The second-order valence-electron chi connectivity index (χ2n) is 5.97. The molecule has 28 heavy (non-hydrogen) atoms. The van der Waals surface area contributed by atoms with Gasteiger partial charge in [0, 0.05) is 4.88 Å². The van der Waals surface area contributed by atoms with E-state index in [-0.39, 0.29) is 18.3 Å². The zero-order valence-corrected chi connectivity index (χ0v) is 17.0. The monoisotopic (exact) mass is 417 g/mol. The summed E-state index contributed by atoms with van der Waals surface area (Å²) in [5, 5.41) is 16.8. The Balaban J connectivity index is 1.48. The van der Waals surface area contributed by atoms with E-state index < -0.39 is 5.97 Å². The minimum atomic E-state index is -0.508. The summed E-state index contributed by atoms with van der Waals surface area (Å²) in [7, 11) is 0. The van der Waals surface area contributed by atoms with Crippen LogP contribution in [-0.4, -0.2) is 44.4 Å². The second-order valence-corrected chi connectivity index (χ2v) is 7.94. The molecule has 0 spiro atoms. The molecule has 3 aromatic rings. The molecule has 1 aromatic carbocycles. The number of carbonyl (C=O) groups is 2. The normalized spacial score (nSPS) is 10.6. The number of ether oxygens (including phenoxy) is 1. The number of esters is 1. The number of benzene rings is 1. The Morgan fingerprint density at radius 1 is 1.29 bits per heavy atom. The Bertz CT molecular complexity index is 956. The summed E-state index contributed by atoms with van der Waals surface area (Å²) in [4.78, 5) is 24.7. The molecule has 0 saturated carbocycles. The summed E-state index contributed by atoms with van der Waals surface area (Å²) in [6, 6.07) is 9.82. The Hall–Kier alpha value is -2.72. The van der Waals surface area contributed by atoms with Gasteiger partial charge in [-0.15, -0.1) is 16.4 Å². The average molecular weight is 418 g/mol. The lowest BCUT2D eigenvalue weighted by atomic mass is 10.1. The maximum atomic E-state index is 11.9. The summed E-state index contributed by atoms with van der Waals surface area (Å²) in [6.45, 7) is 4.06. The molecular weight excluding hydrogens is 398 g/mol. The summed E-state index contributed by atoms with van der Waals surface area (Å²) >= 11 is 2.71. The van der Waals surface area contributed by atoms with Gasteiger partial charge in [-0.05, 0) is 52.9 Å². The zero-order chi connectivity index (χ0) is 19.9. The minimum absolute atomic E-state index is 0.00341. The largest absolute Gasteiger partial charge is 0.455 e. The molecule has 0 aliphatic carbocycles. The first-order valence-corrected chi connectivity index (χ1v) is 10.3. The Kier molecular flexibility index (Phi) is 6.77. The zero-order valence-electron chi connectivity index (χ0n) is 15.4. The fraction of sp³-hybridized carbons (Fsp3) is 0.278. The van der Waals surface area contributed by atoms with Crippen LogP contribution in [0.1, 0.15) is 16.0 Å². The van der Waals surface area contributed by atoms with E-state index in [2.05, 4.69) is 20.8 Å². The predicted octanol–water partition coefficient (Wildman–Crippen LogP) is 2.29. The van der Waals surface area contributed by atoms with Crippen molar-refractivity contribution in [2.45, 2.75) is 25.5 Å². The van der Waals surface area contributed by atoms with Gasteiger partial charge in [-0.1, -0.05) is 30.0 Å². The second kappa shape index (κ2) is 9.47. The van der Waals surface area contributed by atoms with E-state index in [1.54, 1.807) is 16.0 Å². The lowest BCUT2D eigenvalue weighted by Gasteiger charge is -2.08. The van der Waals surface area contributed by atoms with Gasteiger partial charge in [-0.3, -0.25) is 9.59 Å². The first kappa shape index (κ1) is 20.0. The third-order valence-corrected chi connectivity index (χ3v) is 5.53. The number of amides is 1. The van der Waals surface area contributed by atoms with Crippen LogP contribution >= 0.6 is 23.1 Å². The number of carbonyl (C=O) groups excluding carboxylic acids is 2. The summed E-state index contributed by atoms with van der Waals surface area (Å²) in [5.74, 6) is -0.845. The van der Waals surface area contributed by atoms with Crippen LogP contribution in [0.25, 0.3) is 5.69 Å². The molecule has 10 heteroatoms. The molecule has 0 aliphatic heterocycles. The number of rotatable bonds is 8. The van der Waals surface area contributed by atoms with Crippen molar-refractivity contribution >= 4 is 35.0 Å². The topological polar surface area (TPSA) is 99.0 Å². The molecule has 0 aliphatic rings. The maximum absolute atomic E-state index is 11.9. The van der Waals surface area contributed by atoms with Crippen LogP contribution in [0.3, 0.4) is 0 Å². The number of aryl methyl sites for hydroxylation is 2. The number of nitrogens with zero attached hydrogens (tertiary/aromatic N) is 4. The van der Waals surface area contributed by atoms with Gasteiger partial charge in [0.1, 0.15) is 0 Å². The smallest absolute Gasteiger partial charge is 0.316 e. The highest BCUT2D eigenvalue weighted by Gasteiger charge is 2.15. The third-order valence-electron chi connectivity index (χ3n) is 3.76. The van der Waals surface area contributed by atoms with Crippen molar-refractivity contribution in [2.24, 2.45) is 0 Å². The highest BCUT2D eigenvalue weighted by atomic mass is 32.2. The number of hydrogen-bond acceptors (Lipinski definition) is 8. The lowest BCUT2D eigenvalue weighted by molar-refractivity contribution is -0.145. The average Bonchev–Trinajstić information content (AvgIpc) is 3.36. The molecule has 0 bridgehead atoms. The van der Waals surface area contributed by atoms with Crippen LogP contribution < -0.4 is 5.32 Å². The molecule has 0 fully saturated rings. The van der Waals surface area contributed by atoms with Gasteiger partial charge < -0.3 is 10.1 Å². The SMILES string of the molecule is Cc1ccc(C)c(-n2nnnc2SCC(=O)OCC(=O)NCc2cccs2)c1. The molecule has 0 saturated heterocycles. The third kappa shape index (κ3) is 5.40. The number of thioether (sulfide) groups is 1. The number of tetrazole rings is 1. The standard InChI is InChI=1S/C18H19N5O3S2/c1-12-5-6-13(2)15(8-12)23-18(20-21-22-23)28-11-17(25)26-10-16(24)19-9-14-4-3-7-27-14/h3-8H,9-11H2,1-2H3,(H,19,24). The lowest BCUT2D eigenvalue weighted by Crippen LogP contribution is -2.28. The number of aromatic nitrogens is 4. The van der Waals surface area contributed by atoms with E-state index in [9.17, 15) is 9.59 Å². The Labute approximate surface area is 170 Å². The summed E-state index contributed by atoms with van der Waals surface area (Å²) < 4.78 is 6.61. The van der Waals surface area contributed by atoms with E-state index >= 15 is 0 Å². The van der Waals surface area contributed by atoms with E-state index in [1.807, 2.05) is 49.6 Å². The molecule has 146 valence electrons. The quantitative estimate of drug-likeness (QED) is 0.443. The van der Waals surface area contributed by atoms with Crippen molar-refractivity contribution in [3.8, 4) is 5.69 Å². The van der Waals surface area contributed by atoms with Crippen LogP contribution in [0.4, 0.5) is 0 Å². The Morgan fingerprint density at radius 3 is 2.93 bits per heavy atom. The van der Waals surface area contributed by atoms with Crippen molar-refractivity contribution in [3.05, 3.63) is 51.7 Å². The van der Waals surface area contributed by atoms with Crippen LogP contribution in [-0.2, 0) is 20.9 Å². The summed E-state index contributed by atoms with van der Waals surface area (Å²) in [6.07, 6.45) is 0. The minimum Gasteiger partial charge on any atom is -0.455 e. The van der Waals surface area contributed by atoms with Gasteiger partial charge in [-0.25, -0.2) is 0 Å². The van der Waals surface area contributed by atoms with E-state index in [1.165, 1.54) is 0 Å². The summed E-state index contributed by atoms with van der Waals surface area (Å²) in [5.41, 5.74) is 2.96. The maximum Gasteiger partial charge on any atom is 0.316 e. The van der Waals surface area contributed by atoms with Crippen molar-refractivity contribution in [1.82, 2.24) is 25.5 Å². The molecule has 0 unspecified atom stereocenters. The van der Waals surface area contributed by atoms with Crippen molar-refractivity contribution in [2.75, 3.05) is 12.4 Å². The first-order valence-electron chi connectivity index (χ1n) is 8.46. The first-order chi connectivity index (χ1) is 13.5. The van der Waals surface area contributed by atoms with Gasteiger partial charge in [0.05, 0.1) is 18.0 Å². The molecule has 0 radical (unpaired) electrons. The highest BCUT2D eigenvalue weighted by molar-refractivity contribution is 7.99. The molecule has 2 heterocycles. The number of thiophene rings is 1. The van der Waals surface area contributed by atoms with Crippen LogP contribution in [0.5, 0.6) is 0 Å². The van der Waals surface area contributed by atoms with Crippen molar-refractivity contribution in [1.29, 1.82) is 0 Å². The highest BCUT2D eigenvalue weighted by Crippen LogP contribution is 2.21. The number of nitrogens with one attached hydrogen (secondary N) is 1. The van der Waals surface area contributed by atoms with E-state index in [0.29, 0.717) is 11.7 Å². The van der Waals surface area contributed by atoms with Crippen LogP contribution in [0, 0.1) is 13.8 Å². The molecule has 2 aromatic heterocycles. The number of hydrogen-bond donors (Lipinski definition) is 1. The fourth-order valence-electron chi connectivity index (χ4n) is 2.33. The fourth-order valence-corrected chi connectivity index (χ4v) is 3.66. The molecule has 8 nitrogen and oxygen atoms in total. The van der Waals surface area contributed by atoms with Gasteiger partial charge >= 0.3 is 5.97 Å². The molecular formula is C18H19N5O3S2. The molecule has 1 amide bonds.